The molecule has 4 aromatic rings. The standard InChI is InChI=1S/C24H24N6O4/c1-4-29-23(33)17-11-7-5-9-15(17)19(27-29)21(31)25-26-22(32)20-16-10-6-8-12-18(16)24(34)30(28-20)13-14(2)3/h5-12,14H,4,13H2,1-3H3,(H,25,31)(H,26,32). The molecule has 0 bridgehead atoms. The lowest BCUT2D eigenvalue weighted by Gasteiger charge is -2.13. The van der Waals surface area contributed by atoms with E-state index in [1.165, 1.54) is 9.36 Å². The Hall–Kier alpha value is -4.34. The fourth-order valence-corrected chi connectivity index (χ4v) is 3.72. The first-order chi connectivity index (χ1) is 16.3. The van der Waals surface area contributed by atoms with Crippen LogP contribution in [0, 0.1) is 5.92 Å². The minimum absolute atomic E-state index is 0.0000508. The molecule has 0 aliphatic carbocycles. The number of carbonyl (C=O) groups excluding carboxylic acids is 2. The van der Waals surface area contributed by atoms with Crippen LogP contribution in [0.4, 0.5) is 0 Å². The van der Waals surface area contributed by atoms with Crippen molar-refractivity contribution in [2.24, 2.45) is 5.92 Å². The number of aromatic nitrogens is 4. The molecule has 34 heavy (non-hydrogen) atoms. The molecule has 0 radical (unpaired) electrons. The molecule has 0 spiro atoms. The normalized spacial score (nSPS) is 11.2. The summed E-state index contributed by atoms with van der Waals surface area (Å²) in [4.78, 5) is 51.2. The highest BCUT2D eigenvalue weighted by Crippen LogP contribution is 2.15. The zero-order valence-corrected chi connectivity index (χ0v) is 19.0. The molecule has 0 aliphatic heterocycles. The van der Waals surface area contributed by atoms with Crippen molar-refractivity contribution < 1.29 is 9.59 Å². The number of hydrogen-bond acceptors (Lipinski definition) is 6. The molecule has 0 unspecified atom stereocenters. The van der Waals surface area contributed by atoms with Crippen LogP contribution in [0.5, 0.6) is 0 Å². The van der Waals surface area contributed by atoms with Crippen molar-refractivity contribution in [3.8, 4) is 0 Å². The average Bonchev–Trinajstić information content (AvgIpc) is 2.84. The molecule has 2 aromatic heterocycles. The maximum atomic E-state index is 13.0. The molecular weight excluding hydrogens is 436 g/mol. The summed E-state index contributed by atoms with van der Waals surface area (Å²) >= 11 is 0. The summed E-state index contributed by atoms with van der Waals surface area (Å²) in [6, 6.07) is 13.3. The number of nitrogens with one attached hydrogen (secondary N) is 2. The Morgan fingerprint density at radius 2 is 1.18 bits per heavy atom. The van der Waals surface area contributed by atoms with E-state index in [1.807, 2.05) is 13.8 Å². The third-order valence-electron chi connectivity index (χ3n) is 5.29. The van der Waals surface area contributed by atoms with E-state index in [1.54, 1.807) is 55.5 Å². The van der Waals surface area contributed by atoms with Gasteiger partial charge in [0.1, 0.15) is 0 Å². The molecule has 0 fully saturated rings. The second kappa shape index (κ2) is 9.26. The van der Waals surface area contributed by atoms with Gasteiger partial charge in [-0.25, -0.2) is 9.36 Å². The highest BCUT2D eigenvalue weighted by atomic mass is 16.2. The van der Waals surface area contributed by atoms with E-state index in [0.717, 1.165) is 0 Å². The molecule has 2 amide bonds. The van der Waals surface area contributed by atoms with E-state index in [4.69, 9.17) is 0 Å². The first kappa shape index (κ1) is 22.8. The van der Waals surface area contributed by atoms with Gasteiger partial charge in [-0.15, -0.1) is 0 Å². The molecule has 0 saturated heterocycles. The van der Waals surface area contributed by atoms with Gasteiger partial charge in [0, 0.05) is 23.9 Å². The molecule has 2 N–H and O–H groups in total. The van der Waals surface area contributed by atoms with Crippen LogP contribution < -0.4 is 22.0 Å². The number of fused-ring (bicyclic) bond motifs is 2. The molecule has 10 nitrogen and oxygen atoms in total. The molecule has 0 aliphatic rings. The summed E-state index contributed by atoms with van der Waals surface area (Å²) in [5, 5.41) is 9.88. The van der Waals surface area contributed by atoms with E-state index in [0.29, 0.717) is 28.1 Å². The van der Waals surface area contributed by atoms with Crippen LogP contribution in [-0.2, 0) is 13.1 Å². The van der Waals surface area contributed by atoms with E-state index in [-0.39, 0.29) is 35.0 Å². The fraction of sp³-hybridized carbons (Fsp3) is 0.250. The Morgan fingerprint density at radius 3 is 1.62 bits per heavy atom. The van der Waals surface area contributed by atoms with E-state index in [9.17, 15) is 19.2 Å². The maximum absolute atomic E-state index is 13.0. The molecule has 0 atom stereocenters. The van der Waals surface area contributed by atoms with Gasteiger partial charge in [0.25, 0.3) is 22.9 Å². The lowest BCUT2D eigenvalue weighted by Crippen LogP contribution is -2.44. The number of amides is 2. The predicted octanol–water partition coefficient (Wildman–Crippen LogP) is 1.86. The Bertz CT molecular complexity index is 1540. The zero-order valence-electron chi connectivity index (χ0n) is 19.0. The van der Waals surface area contributed by atoms with E-state index in [2.05, 4.69) is 21.0 Å². The van der Waals surface area contributed by atoms with Crippen LogP contribution in [-0.4, -0.2) is 31.4 Å². The summed E-state index contributed by atoms with van der Waals surface area (Å²) in [6.45, 7) is 6.25. The van der Waals surface area contributed by atoms with Gasteiger partial charge in [0.2, 0.25) is 0 Å². The third kappa shape index (κ3) is 4.17. The molecule has 2 heterocycles. The largest absolute Gasteiger partial charge is 0.290 e. The van der Waals surface area contributed by atoms with Crippen LogP contribution in [0.25, 0.3) is 21.5 Å². The molecule has 4 rings (SSSR count). The first-order valence-corrected chi connectivity index (χ1v) is 10.9. The number of nitrogens with zero attached hydrogens (tertiary/aromatic N) is 4. The van der Waals surface area contributed by atoms with Crippen molar-refractivity contribution in [3.63, 3.8) is 0 Å². The first-order valence-electron chi connectivity index (χ1n) is 10.9. The van der Waals surface area contributed by atoms with Crippen molar-refractivity contribution in [1.82, 2.24) is 30.4 Å². The van der Waals surface area contributed by atoms with Crippen molar-refractivity contribution in [1.29, 1.82) is 0 Å². The summed E-state index contributed by atoms with van der Waals surface area (Å²) in [5.74, 6) is -1.24. The molecular formula is C24H24N6O4. The number of carbonyl (C=O) groups is 2. The number of hydrogen-bond donors (Lipinski definition) is 2. The SMILES string of the molecule is CCn1nc(C(=O)NNC(=O)c2nn(CC(C)C)c(=O)c3ccccc23)c2ccccc2c1=O. The summed E-state index contributed by atoms with van der Waals surface area (Å²) in [7, 11) is 0. The quantitative estimate of drug-likeness (QED) is 0.438. The average molecular weight is 460 g/mol. The Kier molecular flexibility index (Phi) is 6.22. The van der Waals surface area contributed by atoms with Crippen LogP contribution in [0.3, 0.4) is 0 Å². The molecule has 174 valence electrons. The highest BCUT2D eigenvalue weighted by molar-refractivity contribution is 6.08. The lowest BCUT2D eigenvalue weighted by molar-refractivity contribution is 0.0840. The zero-order chi connectivity index (χ0) is 24.4. The monoisotopic (exact) mass is 460 g/mol. The second-order valence-corrected chi connectivity index (χ2v) is 8.20. The summed E-state index contributed by atoms with van der Waals surface area (Å²) in [6.07, 6.45) is 0. The molecule has 0 saturated carbocycles. The van der Waals surface area contributed by atoms with Crippen LogP contribution in [0.2, 0.25) is 0 Å². The van der Waals surface area contributed by atoms with Gasteiger partial charge in [0.05, 0.1) is 10.8 Å². The number of hydrazine groups is 1. The van der Waals surface area contributed by atoms with E-state index < -0.39 is 11.8 Å². The van der Waals surface area contributed by atoms with Crippen LogP contribution in [0.1, 0.15) is 41.7 Å². The van der Waals surface area contributed by atoms with Gasteiger partial charge in [-0.3, -0.25) is 30.0 Å². The van der Waals surface area contributed by atoms with E-state index >= 15 is 0 Å². The number of rotatable bonds is 5. The van der Waals surface area contributed by atoms with Gasteiger partial charge < -0.3 is 0 Å². The Balaban J connectivity index is 1.67. The highest BCUT2D eigenvalue weighted by Gasteiger charge is 2.20. The Morgan fingerprint density at radius 1 is 0.765 bits per heavy atom. The van der Waals surface area contributed by atoms with Crippen molar-refractivity contribution >= 4 is 33.4 Å². The molecule has 2 aromatic carbocycles. The second-order valence-electron chi connectivity index (χ2n) is 8.20. The van der Waals surface area contributed by atoms with Crippen LogP contribution >= 0.6 is 0 Å². The summed E-state index contributed by atoms with van der Waals surface area (Å²) in [5.41, 5.74) is 4.13. The van der Waals surface area contributed by atoms with Gasteiger partial charge in [-0.2, -0.15) is 10.2 Å². The summed E-state index contributed by atoms with van der Waals surface area (Å²) < 4.78 is 2.45. The van der Waals surface area contributed by atoms with Crippen LogP contribution in [0.15, 0.2) is 58.1 Å². The number of aryl methyl sites for hydroxylation is 1. The minimum atomic E-state index is -0.688. The van der Waals surface area contributed by atoms with Crippen molar-refractivity contribution in [2.45, 2.75) is 33.9 Å². The topological polar surface area (TPSA) is 128 Å². The maximum Gasteiger partial charge on any atom is 0.290 e. The van der Waals surface area contributed by atoms with Crippen molar-refractivity contribution in [2.75, 3.05) is 0 Å². The number of benzene rings is 2. The Labute approximate surface area is 194 Å². The molecule has 10 heteroatoms. The smallest absolute Gasteiger partial charge is 0.267 e. The van der Waals surface area contributed by atoms with Gasteiger partial charge >= 0.3 is 0 Å². The minimum Gasteiger partial charge on any atom is -0.267 e. The van der Waals surface area contributed by atoms with Gasteiger partial charge in [-0.1, -0.05) is 50.2 Å². The third-order valence-corrected chi connectivity index (χ3v) is 5.29. The predicted molar refractivity (Wildman–Crippen MR) is 127 cm³/mol. The van der Waals surface area contributed by atoms with Gasteiger partial charge in [0.15, 0.2) is 11.4 Å². The van der Waals surface area contributed by atoms with Gasteiger partial charge in [-0.05, 0) is 25.0 Å². The fourth-order valence-electron chi connectivity index (χ4n) is 3.72. The lowest BCUT2D eigenvalue weighted by atomic mass is 10.1. The van der Waals surface area contributed by atoms with Crippen molar-refractivity contribution in [3.05, 3.63) is 80.6 Å².